The largest absolute Gasteiger partial charge is 0.465 e. The number of hydrogen-bond donors (Lipinski definition) is 2. The molecule has 0 saturated carbocycles. The van der Waals surface area contributed by atoms with Crippen LogP contribution in [0, 0.1) is 17.0 Å². The Morgan fingerprint density at radius 2 is 2.12 bits per heavy atom. The van der Waals surface area contributed by atoms with Crippen LogP contribution in [-0.4, -0.2) is 23.2 Å². The fraction of sp³-hybridized carbons (Fsp3) is 0.222. The number of anilines is 1. The molecule has 0 radical (unpaired) electrons. The lowest BCUT2D eigenvalue weighted by Gasteiger charge is -2.16. The highest BCUT2D eigenvalue weighted by Crippen LogP contribution is 2.32. The van der Waals surface area contributed by atoms with Crippen LogP contribution in [0.25, 0.3) is 0 Å². The van der Waals surface area contributed by atoms with Crippen molar-refractivity contribution in [1.29, 1.82) is 0 Å². The van der Waals surface area contributed by atoms with Gasteiger partial charge in [0.1, 0.15) is 0 Å². The van der Waals surface area contributed by atoms with Crippen LogP contribution in [0.3, 0.4) is 0 Å². The van der Waals surface area contributed by atoms with Crippen molar-refractivity contribution >= 4 is 30.1 Å². The van der Waals surface area contributed by atoms with Crippen LogP contribution in [0.4, 0.5) is 16.2 Å². The molecule has 0 aliphatic heterocycles. The second-order valence-electron chi connectivity index (χ2n) is 3.18. The van der Waals surface area contributed by atoms with E-state index in [2.05, 4.69) is 12.6 Å². The molecule has 0 atom stereocenters. The number of nitro benzene ring substituents is 1. The van der Waals surface area contributed by atoms with Crippen molar-refractivity contribution in [3.05, 3.63) is 27.8 Å². The first-order valence-electron chi connectivity index (χ1n) is 4.30. The highest BCUT2D eigenvalue weighted by molar-refractivity contribution is 7.80. The van der Waals surface area contributed by atoms with Gasteiger partial charge in [0.2, 0.25) is 0 Å². The van der Waals surface area contributed by atoms with Crippen LogP contribution in [-0.2, 0) is 0 Å². The Balaban J connectivity index is 3.32. The maximum atomic E-state index is 10.7. The average Bonchev–Trinajstić information content (AvgIpc) is 2.20. The molecule has 0 fully saturated rings. The molecule has 1 aromatic carbocycles. The highest BCUT2D eigenvalue weighted by Gasteiger charge is 2.19. The van der Waals surface area contributed by atoms with Crippen LogP contribution in [0.2, 0.25) is 0 Å². The molecule has 0 aromatic heterocycles. The molecule has 0 aliphatic carbocycles. The number of hydrogen-bond acceptors (Lipinski definition) is 4. The molecule has 0 bridgehead atoms. The Kier molecular flexibility index (Phi) is 3.38. The summed E-state index contributed by atoms with van der Waals surface area (Å²) in [5.74, 6) is 0. The average molecular weight is 242 g/mol. The van der Waals surface area contributed by atoms with Crippen LogP contribution >= 0.6 is 12.6 Å². The van der Waals surface area contributed by atoms with Gasteiger partial charge in [-0.1, -0.05) is 0 Å². The maximum absolute atomic E-state index is 10.7. The van der Waals surface area contributed by atoms with E-state index in [4.69, 9.17) is 5.11 Å². The van der Waals surface area contributed by atoms with E-state index in [1.165, 1.54) is 26.1 Å². The highest BCUT2D eigenvalue weighted by atomic mass is 32.1. The summed E-state index contributed by atoms with van der Waals surface area (Å²) in [5.41, 5.74) is 0.588. The van der Waals surface area contributed by atoms with Gasteiger partial charge in [-0.25, -0.2) is 4.79 Å². The zero-order chi connectivity index (χ0) is 12.5. The van der Waals surface area contributed by atoms with Crippen molar-refractivity contribution in [2.75, 3.05) is 11.9 Å². The molecule has 0 aliphatic rings. The number of nitro groups is 1. The summed E-state index contributed by atoms with van der Waals surface area (Å²) in [6, 6.07) is 2.63. The second kappa shape index (κ2) is 4.40. The van der Waals surface area contributed by atoms with Gasteiger partial charge >= 0.3 is 6.09 Å². The topological polar surface area (TPSA) is 83.7 Å². The third kappa shape index (κ3) is 2.08. The first-order valence-corrected chi connectivity index (χ1v) is 4.74. The Bertz CT molecular complexity index is 461. The first-order chi connectivity index (χ1) is 7.36. The number of amides is 1. The van der Waals surface area contributed by atoms with E-state index in [9.17, 15) is 14.9 Å². The Morgan fingerprint density at radius 1 is 1.56 bits per heavy atom. The first kappa shape index (κ1) is 12.3. The zero-order valence-electron chi connectivity index (χ0n) is 8.67. The Hall–Kier alpha value is -1.76. The van der Waals surface area contributed by atoms with E-state index >= 15 is 0 Å². The van der Waals surface area contributed by atoms with Gasteiger partial charge in [0, 0.05) is 23.6 Å². The molecule has 1 N–H and O–H groups in total. The van der Waals surface area contributed by atoms with Gasteiger partial charge in [-0.3, -0.25) is 15.0 Å². The molecule has 6 nitrogen and oxygen atoms in total. The van der Waals surface area contributed by atoms with Gasteiger partial charge < -0.3 is 5.11 Å². The van der Waals surface area contributed by atoms with E-state index in [0.29, 0.717) is 16.1 Å². The zero-order valence-corrected chi connectivity index (χ0v) is 9.56. The van der Waals surface area contributed by atoms with E-state index in [1.807, 2.05) is 0 Å². The van der Waals surface area contributed by atoms with Crippen molar-refractivity contribution in [1.82, 2.24) is 0 Å². The minimum Gasteiger partial charge on any atom is -0.465 e. The lowest BCUT2D eigenvalue weighted by atomic mass is 10.1. The summed E-state index contributed by atoms with van der Waals surface area (Å²) < 4.78 is 0. The standard InChI is InChI=1S/C9H10N2O4S/c1-5-6(11(14)15)3-4-7(8(5)16)10(2)9(12)13/h3-4,16H,1-2H3,(H,12,13). The third-order valence-electron chi connectivity index (χ3n) is 2.23. The van der Waals surface area contributed by atoms with Gasteiger partial charge in [-0.15, -0.1) is 12.6 Å². The molecule has 0 unspecified atom stereocenters. The molecular weight excluding hydrogens is 232 g/mol. The van der Waals surface area contributed by atoms with Crippen LogP contribution in [0.5, 0.6) is 0 Å². The van der Waals surface area contributed by atoms with Crippen molar-refractivity contribution in [3.8, 4) is 0 Å². The van der Waals surface area contributed by atoms with Crippen LogP contribution in [0.1, 0.15) is 5.56 Å². The molecule has 0 saturated heterocycles. The van der Waals surface area contributed by atoms with Crippen LogP contribution < -0.4 is 4.90 Å². The minimum absolute atomic E-state index is 0.0764. The summed E-state index contributed by atoms with van der Waals surface area (Å²) in [6.45, 7) is 1.53. The second-order valence-corrected chi connectivity index (χ2v) is 3.62. The monoisotopic (exact) mass is 242 g/mol. The minimum atomic E-state index is -1.15. The van der Waals surface area contributed by atoms with Gasteiger partial charge in [0.25, 0.3) is 5.69 Å². The summed E-state index contributed by atoms with van der Waals surface area (Å²) >= 11 is 4.10. The van der Waals surface area contributed by atoms with Gasteiger partial charge in [-0.05, 0) is 13.0 Å². The van der Waals surface area contributed by atoms with Gasteiger partial charge in [0.15, 0.2) is 0 Å². The number of carboxylic acid groups (broad SMARTS) is 1. The quantitative estimate of drug-likeness (QED) is 0.473. The summed E-state index contributed by atoms with van der Waals surface area (Å²) in [4.78, 5) is 22.1. The summed E-state index contributed by atoms with van der Waals surface area (Å²) in [5, 5.41) is 19.4. The van der Waals surface area contributed by atoms with Gasteiger partial charge in [0.05, 0.1) is 10.6 Å². The molecule has 1 amide bonds. The molecule has 0 heterocycles. The lowest BCUT2D eigenvalue weighted by Crippen LogP contribution is -2.24. The molecule has 16 heavy (non-hydrogen) atoms. The maximum Gasteiger partial charge on any atom is 0.411 e. The molecule has 7 heteroatoms. The van der Waals surface area contributed by atoms with Crippen LogP contribution in [0.15, 0.2) is 17.0 Å². The van der Waals surface area contributed by atoms with Crippen molar-refractivity contribution < 1.29 is 14.8 Å². The number of nitrogens with zero attached hydrogens (tertiary/aromatic N) is 2. The molecular formula is C9H10N2O4S. The Morgan fingerprint density at radius 3 is 2.56 bits per heavy atom. The Labute approximate surface area is 97.0 Å². The van der Waals surface area contributed by atoms with E-state index in [1.54, 1.807) is 0 Å². The lowest BCUT2D eigenvalue weighted by molar-refractivity contribution is -0.385. The SMILES string of the molecule is Cc1c([N+](=O)[O-])ccc(N(C)C(=O)O)c1S. The normalized spacial score (nSPS) is 9.94. The fourth-order valence-electron chi connectivity index (χ4n) is 1.25. The fourth-order valence-corrected chi connectivity index (χ4v) is 1.59. The predicted octanol–water partition coefficient (Wildman–Crippen LogP) is 2.31. The number of rotatable bonds is 2. The number of carbonyl (C=O) groups is 1. The molecule has 1 rings (SSSR count). The smallest absolute Gasteiger partial charge is 0.411 e. The molecule has 86 valence electrons. The van der Waals surface area contributed by atoms with E-state index in [0.717, 1.165) is 4.90 Å². The molecule has 1 aromatic rings. The van der Waals surface area contributed by atoms with Crippen molar-refractivity contribution in [2.45, 2.75) is 11.8 Å². The van der Waals surface area contributed by atoms with E-state index in [-0.39, 0.29) is 5.69 Å². The number of benzene rings is 1. The summed E-state index contributed by atoms with van der Waals surface area (Å²) in [6.07, 6.45) is -1.15. The third-order valence-corrected chi connectivity index (χ3v) is 2.79. The van der Waals surface area contributed by atoms with Crippen molar-refractivity contribution in [3.63, 3.8) is 0 Å². The van der Waals surface area contributed by atoms with E-state index < -0.39 is 11.0 Å². The predicted molar refractivity (Wildman–Crippen MR) is 61.5 cm³/mol. The van der Waals surface area contributed by atoms with Crippen molar-refractivity contribution in [2.24, 2.45) is 0 Å². The van der Waals surface area contributed by atoms with Gasteiger partial charge in [-0.2, -0.15) is 0 Å². The molecule has 0 spiro atoms. The number of thiol groups is 1. The summed E-state index contributed by atoms with van der Waals surface area (Å²) in [7, 11) is 1.35.